The number of rotatable bonds is 3. The SMILES string of the molecule is COc1cccc([C@H](N)C2CCOCC2)c1F. The molecule has 0 bridgehead atoms. The number of ether oxygens (including phenoxy) is 2. The van der Waals surface area contributed by atoms with Crippen molar-refractivity contribution in [2.24, 2.45) is 11.7 Å². The molecule has 1 aromatic carbocycles. The van der Waals surface area contributed by atoms with E-state index in [0.717, 1.165) is 12.8 Å². The van der Waals surface area contributed by atoms with E-state index < -0.39 is 0 Å². The van der Waals surface area contributed by atoms with Crippen LogP contribution >= 0.6 is 0 Å². The molecular formula is C13H18FNO2. The monoisotopic (exact) mass is 239 g/mol. The zero-order valence-electron chi connectivity index (χ0n) is 9.99. The highest BCUT2D eigenvalue weighted by Gasteiger charge is 2.25. The van der Waals surface area contributed by atoms with Crippen LogP contribution in [0.25, 0.3) is 0 Å². The number of hydrogen-bond acceptors (Lipinski definition) is 3. The van der Waals surface area contributed by atoms with Gasteiger partial charge in [-0.1, -0.05) is 12.1 Å². The summed E-state index contributed by atoms with van der Waals surface area (Å²) in [5.41, 5.74) is 6.68. The molecule has 94 valence electrons. The van der Waals surface area contributed by atoms with Gasteiger partial charge in [0.1, 0.15) is 0 Å². The standard InChI is InChI=1S/C13H18FNO2/c1-16-11-4-2-3-10(12(11)14)13(15)9-5-7-17-8-6-9/h2-4,9,13H,5-8,15H2,1H3/t13-/m1/s1. The molecule has 1 saturated heterocycles. The summed E-state index contributed by atoms with van der Waals surface area (Å²) >= 11 is 0. The Labute approximate surface area is 101 Å². The van der Waals surface area contributed by atoms with Crippen LogP contribution in [0.4, 0.5) is 4.39 Å². The van der Waals surface area contributed by atoms with E-state index in [2.05, 4.69) is 0 Å². The zero-order valence-corrected chi connectivity index (χ0v) is 9.99. The lowest BCUT2D eigenvalue weighted by molar-refractivity contribution is 0.0579. The van der Waals surface area contributed by atoms with E-state index in [4.69, 9.17) is 15.2 Å². The smallest absolute Gasteiger partial charge is 0.169 e. The van der Waals surface area contributed by atoms with Gasteiger partial charge in [-0.05, 0) is 24.8 Å². The molecule has 0 saturated carbocycles. The number of hydrogen-bond donors (Lipinski definition) is 1. The maximum absolute atomic E-state index is 14.0. The van der Waals surface area contributed by atoms with E-state index in [-0.39, 0.29) is 23.5 Å². The number of benzene rings is 1. The van der Waals surface area contributed by atoms with Crippen molar-refractivity contribution in [3.05, 3.63) is 29.6 Å². The first kappa shape index (κ1) is 12.3. The van der Waals surface area contributed by atoms with Crippen LogP contribution in [0.2, 0.25) is 0 Å². The summed E-state index contributed by atoms with van der Waals surface area (Å²) in [5, 5.41) is 0. The fourth-order valence-corrected chi connectivity index (χ4v) is 2.27. The molecule has 3 nitrogen and oxygen atoms in total. The Hall–Kier alpha value is -1.13. The van der Waals surface area contributed by atoms with E-state index >= 15 is 0 Å². The third-order valence-electron chi connectivity index (χ3n) is 3.35. The molecule has 1 aliphatic rings. The molecule has 0 unspecified atom stereocenters. The van der Waals surface area contributed by atoms with Crippen molar-refractivity contribution < 1.29 is 13.9 Å². The molecule has 1 fully saturated rings. The van der Waals surface area contributed by atoms with Crippen LogP contribution in [0, 0.1) is 11.7 Å². The van der Waals surface area contributed by atoms with Crippen LogP contribution in [0.15, 0.2) is 18.2 Å². The highest BCUT2D eigenvalue weighted by molar-refractivity contribution is 5.33. The van der Waals surface area contributed by atoms with E-state index in [1.807, 2.05) is 0 Å². The fraction of sp³-hybridized carbons (Fsp3) is 0.538. The average Bonchev–Trinajstić information content (AvgIpc) is 2.39. The molecule has 1 heterocycles. The second kappa shape index (κ2) is 5.47. The molecule has 1 atom stereocenters. The maximum Gasteiger partial charge on any atom is 0.169 e. The summed E-state index contributed by atoms with van der Waals surface area (Å²) in [6.45, 7) is 1.42. The van der Waals surface area contributed by atoms with E-state index in [1.165, 1.54) is 7.11 Å². The van der Waals surface area contributed by atoms with Gasteiger partial charge in [0.15, 0.2) is 11.6 Å². The van der Waals surface area contributed by atoms with Crippen LogP contribution in [-0.2, 0) is 4.74 Å². The fourth-order valence-electron chi connectivity index (χ4n) is 2.27. The summed E-state index contributed by atoms with van der Waals surface area (Å²) in [6, 6.07) is 4.83. The first-order valence-electron chi connectivity index (χ1n) is 5.89. The van der Waals surface area contributed by atoms with Crippen LogP contribution in [0.1, 0.15) is 24.4 Å². The molecule has 17 heavy (non-hydrogen) atoms. The summed E-state index contributed by atoms with van der Waals surface area (Å²) in [5.74, 6) is 0.198. The first-order chi connectivity index (χ1) is 8.24. The molecule has 2 rings (SSSR count). The van der Waals surface area contributed by atoms with Gasteiger partial charge in [-0.2, -0.15) is 0 Å². The molecule has 0 radical (unpaired) electrons. The second-order valence-electron chi connectivity index (χ2n) is 4.34. The van der Waals surface area contributed by atoms with Crippen molar-refractivity contribution >= 4 is 0 Å². The van der Waals surface area contributed by atoms with Crippen molar-refractivity contribution in [1.29, 1.82) is 0 Å². The van der Waals surface area contributed by atoms with Crippen LogP contribution in [0.3, 0.4) is 0 Å². The zero-order chi connectivity index (χ0) is 12.3. The minimum atomic E-state index is -0.339. The third-order valence-corrected chi connectivity index (χ3v) is 3.35. The lowest BCUT2D eigenvalue weighted by atomic mass is 9.87. The Morgan fingerprint density at radius 3 is 2.76 bits per heavy atom. The van der Waals surface area contributed by atoms with Gasteiger partial charge in [-0.3, -0.25) is 0 Å². The van der Waals surface area contributed by atoms with Gasteiger partial charge in [0.2, 0.25) is 0 Å². The first-order valence-corrected chi connectivity index (χ1v) is 5.89. The van der Waals surface area contributed by atoms with Crippen LogP contribution < -0.4 is 10.5 Å². The Morgan fingerprint density at radius 1 is 1.41 bits per heavy atom. The van der Waals surface area contributed by atoms with Gasteiger partial charge in [-0.15, -0.1) is 0 Å². The van der Waals surface area contributed by atoms with Gasteiger partial charge in [0.25, 0.3) is 0 Å². The van der Waals surface area contributed by atoms with Crippen molar-refractivity contribution in [1.82, 2.24) is 0 Å². The molecule has 0 aromatic heterocycles. The van der Waals surface area contributed by atoms with E-state index in [1.54, 1.807) is 18.2 Å². The molecular weight excluding hydrogens is 221 g/mol. The molecule has 0 spiro atoms. The molecule has 0 amide bonds. The highest BCUT2D eigenvalue weighted by atomic mass is 19.1. The van der Waals surface area contributed by atoms with E-state index in [0.29, 0.717) is 18.8 Å². The van der Waals surface area contributed by atoms with Crippen molar-refractivity contribution in [2.45, 2.75) is 18.9 Å². The Kier molecular flexibility index (Phi) is 3.97. The Bertz CT molecular complexity index is 378. The second-order valence-corrected chi connectivity index (χ2v) is 4.34. The minimum Gasteiger partial charge on any atom is -0.494 e. The third kappa shape index (κ3) is 2.58. The number of nitrogens with two attached hydrogens (primary N) is 1. The minimum absolute atomic E-state index is 0.255. The van der Waals surface area contributed by atoms with Gasteiger partial charge in [0.05, 0.1) is 7.11 Å². The molecule has 4 heteroatoms. The van der Waals surface area contributed by atoms with Crippen molar-refractivity contribution in [3.63, 3.8) is 0 Å². The van der Waals surface area contributed by atoms with E-state index in [9.17, 15) is 4.39 Å². The summed E-state index contributed by atoms with van der Waals surface area (Å²) in [4.78, 5) is 0. The Balaban J connectivity index is 2.20. The number of halogens is 1. The van der Waals surface area contributed by atoms with Crippen LogP contribution in [-0.4, -0.2) is 20.3 Å². The highest BCUT2D eigenvalue weighted by Crippen LogP contribution is 2.32. The maximum atomic E-state index is 14.0. The van der Waals surface area contributed by atoms with Gasteiger partial charge < -0.3 is 15.2 Å². The quantitative estimate of drug-likeness (QED) is 0.880. The molecule has 1 aromatic rings. The molecule has 1 aliphatic heterocycles. The predicted molar refractivity (Wildman–Crippen MR) is 63.4 cm³/mol. The van der Waals surface area contributed by atoms with Crippen molar-refractivity contribution in [3.8, 4) is 5.75 Å². The molecule has 0 aliphatic carbocycles. The summed E-state index contributed by atoms with van der Waals surface area (Å²) in [7, 11) is 1.46. The molecule has 2 N–H and O–H groups in total. The van der Waals surface area contributed by atoms with Crippen LogP contribution in [0.5, 0.6) is 5.75 Å². The summed E-state index contributed by atoms with van der Waals surface area (Å²) < 4.78 is 24.3. The average molecular weight is 239 g/mol. The normalized spacial score (nSPS) is 19.0. The number of methoxy groups -OCH3 is 1. The predicted octanol–water partition coefficient (Wildman–Crippen LogP) is 2.26. The Morgan fingerprint density at radius 2 is 2.12 bits per heavy atom. The largest absolute Gasteiger partial charge is 0.494 e. The van der Waals surface area contributed by atoms with Gasteiger partial charge >= 0.3 is 0 Å². The topological polar surface area (TPSA) is 44.5 Å². The lowest BCUT2D eigenvalue weighted by Crippen LogP contribution is -2.28. The van der Waals surface area contributed by atoms with Crippen molar-refractivity contribution in [2.75, 3.05) is 20.3 Å². The summed E-state index contributed by atoms with van der Waals surface area (Å²) in [6.07, 6.45) is 1.77. The van der Waals surface area contributed by atoms with Gasteiger partial charge in [0, 0.05) is 24.8 Å². The van der Waals surface area contributed by atoms with Gasteiger partial charge in [-0.25, -0.2) is 4.39 Å². The lowest BCUT2D eigenvalue weighted by Gasteiger charge is -2.28.